The molecule has 3 aromatic rings. The van der Waals surface area contributed by atoms with Crippen molar-refractivity contribution in [2.75, 3.05) is 5.75 Å². The number of amides is 1. The second-order valence-corrected chi connectivity index (χ2v) is 9.62. The molecular weight excluding hydrogens is 420 g/mol. The van der Waals surface area contributed by atoms with Crippen molar-refractivity contribution >= 4 is 17.7 Å². The van der Waals surface area contributed by atoms with Gasteiger partial charge in [0.25, 0.3) is 0 Å². The van der Waals surface area contributed by atoms with E-state index in [9.17, 15) is 4.79 Å². The number of aromatic nitrogens is 3. The number of hydrogen-bond donors (Lipinski definition) is 1. The second-order valence-electron chi connectivity index (χ2n) is 8.68. The number of para-hydroxylation sites is 2. The van der Waals surface area contributed by atoms with Crippen LogP contribution in [0.15, 0.2) is 59.8 Å². The van der Waals surface area contributed by atoms with E-state index in [1.165, 1.54) is 37.4 Å². The number of thioether (sulfide) groups is 1. The van der Waals surface area contributed by atoms with Gasteiger partial charge in [-0.15, -0.1) is 10.2 Å². The molecule has 5 rings (SSSR count). The maximum absolute atomic E-state index is 12.7. The van der Waals surface area contributed by atoms with Crippen LogP contribution in [0.4, 0.5) is 0 Å². The summed E-state index contributed by atoms with van der Waals surface area (Å²) in [5, 5.41) is 12.8. The lowest BCUT2D eigenvalue weighted by Crippen LogP contribution is -2.39. The number of benzene rings is 2. The fourth-order valence-corrected chi connectivity index (χ4v) is 4.86. The van der Waals surface area contributed by atoms with Crippen molar-refractivity contribution in [3.8, 4) is 11.4 Å². The molecule has 0 bridgehead atoms. The molecule has 0 saturated heterocycles. The lowest BCUT2D eigenvalue weighted by Gasteiger charge is -2.17. The highest BCUT2D eigenvalue weighted by molar-refractivity contribution is 7.99. The van der Waals surface area contributed by atoms with E-state index < -0.39 is 0 Å². The highest BCUT2D eigenvalue weighted by atomic mass is 32.2. The minimum Gasteiger partial charge on any atom is -0.485 e. The lowest BCUT2D eigenvalue weighted by molar-refractivity contribution is -0.119. The molecule has 6 nitrogen and oxygen atoms in total. The first kappa shape index (κ1) is 21.1. The molecule has 1 aromatic heterocycles. The normalized spacial score (nSPS) is 15.7. The van der Waals surface area contributed by atoms with Gasteiger partial charge in [0.15, 0.2) is 11.0 Å². The zero-order valence-electron chi connectivity index (χ0n) is 18.2. The number of carbonyl (C=O) groups is 1. The van der Waals surface area contributed by atoms with Crippen LogP contribution in [-0.4, -0.2) is 32.5 Å². The van der Waals surface area contributed by atoms with Gasteiger partial charge in [-0.3, -0.25) is 9.36 Å². The summed E-state index contributed by atoms with van der Waals surface area (Å²) in [5.74, 6) is 3.33. The van der Waals surface area contributed by atoms with Crippen molar-refractivity contribution < 1.29 is 9.53 Å². The number of nitrogens with one attached hydrogen (secondary N) is 1. The van der Waals surface area contributed by atoms with E-state index in [1.54, 1.807) is 0 Å². The first-order valence-electron chi connectivity index (χ1n) is 11.3. The predicted octanol–water partition coefficient (Wildman–Crippen LogP) is 4.55. The first-order chi connectivity index (χ1) is 15.7. The summed E-state index contributed by atoms with van der Waals surface area (Å²) in [6.07, 6.45) is 5.00. The Kier molecular flexibility index (Phi) is 6.17. The molecular formula is C25H28N4O2S. The van der Waals surface area contributed by atoms with Gasteiger partial charge in [0, 0.05) is 11.7 Å². The van der Waals surface area contributed by atoms with Crippen molar-refractivity contribution in [2.45, 2.75) is 50.4 Å². The number of carbonyl (C=O) groups excluding carboxylic acids is 1. The van der Waals surface area contributed by atoms with Crippen LogP contribution in [0, 0.1) is 18.8 Å². The highest BCUT2D eigenvalue weighted by Crippen LogP contribution is 2.44. The van der Waals surface area contributed by atoms with Gasteiger partial charge in [0.05, 0.1) is 5.75 Å². The second kappa shape index (κ2) is 9.36. The van der Waals surface area contributed by atoms with E-state index in [1.807, 2.05) is 66.1 Å². The molecule has 2 aliphatic carbocycles. The van der Waals surface area contributed by atoms with Crippen LogP contribution in [0.1, 0.15) is 37.1 Å². The third-order valence-electron chi connectivity index (χ3n) is 6.08. The molecule has 0 radical (unpaired) electrons. The summed E-state index contributed by atoms with van der Waals surface area (Å²) < 4.78 is 8.01. The minimum atomic E-state index is 0.0825. The van der Waals surface area contributed by atoms with Crippen LogP contribution in [0.2, 0.25) is 0 Å². The molecule has 1 heterocycles. The van der Waals surface area contributed by atoms with Crippen LogP contribution in [0.3, 0.4) is 0 Å². The number of hydrogen-bond acceptors (Lipinski definition) is 5. The fourth-order valence-electron chi connectivity index (χ4n) is 4.07. The summed E-state index contributed by atoms with van der Waals surface area (Å²) in [5.41, 5.74) is 2.03. The fraction of sp³-hybridized carbons (Fsp3) is 0.400. The molecule has 2 fully saturated rings. The molecule has 166 valence electrons. The van der Waals surface area contributed by atoms with E-state index in [0.717, 1.165) is 17.0 Å². The molecule has 0 atom stereocenters. The van der Waals surface area contributed by atoms with Gasteiger partial charge in [0.2, 0.25) is 5.91 Å². The molecule has 7 heteroatoms. The maximum Gasteiger partial charge on any atom is 0.230 e. The molecule has 2 aliphatic rings. The Hall–Kier alpha value is -2.80. The Morgan fingerprint density at radius 1 is 1.06 bits per heavy atom. The molecule has 0 unspecified atom stereocenters. The average molecular weight is 449 g/mol. The Morgan fingerprint density at radius 2 is 1.75 bits per heavy atom. The van der Waals surface area contributed by atoms with Crippen molar-refractivity contribution in [3.05, 3.63) is 66.0 Å². The molecule has 2 saturated carbocycles. The zero-order chi connectivity index (χ0) is 21.9. The van der Waals surface area contributed by atoms with Gasteiger partial charge >= 0.3 is 0 Å². The summed E-state index contributed by atoms with van der Waals surface area (Å²) in [6, 6.07) is 18.3. The minimum absolute atomic E-state index is 0.0825. The van der Waals surface area contributed by atoms with Gasteiger partial charge in [-0.2, -0.15) is 0 Å². The Balaban J connectivity index is 1.29. The Morgan fingerprint density at radius 3 is 2.44 bits per heavy atom. The lowest BCUT2D eigenvalue weighted by atomic mass is 10.1. The molecule has 1 N–H and O–H groups in total. The summed E-state index contributed by atoms with van der Waals surface area (Å²) >= 11 is 1.42. The number of rotatable bonds is 10. The van der Waals surface area contributed by atoms with E-state index in [-0.39, 0.29) is 5.91 Å². The zero-order valence-corrected chi connectivity index (χ0v) is 19.1. The SMILES string of the molecule is Cc1ccccc1OCc1nnc(SCC(=O)NC(C2CC2)C2CC2)n1-c1ccccc1. The van der Waals surface area contributed by atoms with Crippen molar-refractivity contribution in [3.63, 3.8) is 0 Å². The van der Waals surface area contributed by atoms with Crippen molar-refractivity contribution in [1.29, 1.82) is 0 Å². The van der Waals surface area contributed by atoms with Crippen LogP contribution in [-0.2, 0) is 11.4 Å². The van der Waals surface area contributed by atoms with Gasteiger partial charge < -0.3 is 10.1 Å². The van der Waals surface area contributed by atoms with Crippen LogP contribution in [0.25, 0.3) is 5.69 Å². The first-order valence-corrected chi connectivity index (χ1v) is 12.3. The number of ether oxygens (including phenoxy) is 1. The number of nitrogens with zero attached hydrogens (tertiary/aromatic N) is 3. The highest BCUT2D eigenvalue weighted by Gasteiger charge is 2.42. The Bertz CT molecular complexity index is 1060. The molecule has 2 aromatic carbocycles. The molecule has 0 aliphatic heterocycles. The molecule has 1 amide bonds. The predicted molar refractivity (Wildman–Crippen MR) is 125 cm³/mol. The number of aryl methyl sites for hydroxylation is 1. The standard InChI is InChI=1S/C25H28N4O2S/c1-17-7-5-6-10-21(17)31-15-22-27-28-25(29(22)20-8-3-2-4-9-20)32-16-23(30)26-24(18-11-12-18)19-13-14-19/h2-10,18-19,24H,11-16H2,1H3,(H,26,30). The van der Waals surface area contributed by atoms with Crippen LogP contribution in [0.5, 0.6) is 5.75 Å². The van der Waals surface area contributed by atoms with E-state index in [2.05, 4.69) is 15.5 Å². The van der Waals surface area contributed by atoms with Gasteiger partial charge in [0.1, 0.15) is 12.4 Å². The molecule has 0 spiro atoms. The molecule has 32 heavy (non-hydrogen) atoms. The van der Waals surface area contributed by atoms with Gasteiger partial charge in [-0.25, -0.2) is 0 Å². The monoisotopic (exact) mass is 448 g/mol. The largest absolute Gasteiger partial charge is 0.485 e. The van der Waals surface area contributed by atoms with E-state index >= 15 is 0 Å². The van der Waals surface area contributed by atoms with Gasteiger partial charge in [-0.1, -0.05) is 48.2 Å². The Labute approximate surface area is 192 Å². The third kappa shape index (κ3) is 4.99. The summed E-state index contributed by atoms with van der Waals surface area (Å²) in [7, 11) is 0. The average Bonchev–Trinajstić information content (AvgIpc) is 3.74. The third-order valence-corrected chi connectivity index (χ3v) is 7.01. The quantitative estimate of drug-likeness (QED) is 0.461. The maximum atomic E-state index is 12.7. The van der Waals surface area contributed by atoms with Crippen molar-refractivity contribution in [1.82, 2.24) is 20.1 Å². The smallest absolute Gasteiger partial charge is 0.230 e. The van der Waals surface area contributed by atoms with Crippen molar-refractivity contribution in [2.24, 2.45) is 11.8 Å². The van der Waals surface area contributed by atoms with Gasteiger partial charge in [-0.05, 0) is 68.2 Å². The topological polar surface area (TPSA) is 69.0 Å². The summed E-state index contributed by atoms with van der Waals surface area (Å²) in [6.45, 7) is 2.32. The summed E-state index contributed by atoms with van der Waals surface area (Å²) in [4.78, 5) is 12.7. The van der Waals surface area contributed by atoms with Crippen LogP contribution < -0.4 is 10.1 Å². The van der Waals surface area contributed by atoms with E-state index in [0.29, 0.717) is 41.2 Å². The van der Waals surface area contributed by atoms with E-state index in [4.69, 9.17) is 4.74 Å². The van der Waals surface area contributed by atoms with Crippen LogP contribution >= 0.6 is 11.8 Å².